The molecule has 0 fully saturated rings. The van der Waals surface area contributed by atoms with Gasteiger partial charge in [0.2, 0.25) is 0 Å². The number of fused-ring (bicyclic) bond motifs is 10. The minimum Gasteiger partial charge on any atom is -0.455 e. The third kappa shape index (κ3) is 4.06. The van der Waals surface area contributed by atoms with Gasteiger partial charge in [0.15, 0.2) is 11.7 Å². The molecular formula is C42H30N4O. The van der Waals surface area contributed by atoms with E-state index in [2.05, 4.69) is 79.1 Å². The summed E-state index contributed by atoms with van der Waals surface area (Å²) in [6, 6.07) is 45.4. The molecule has 0 aliphatic heterocycles. The van der Waals surface area contributed by atoms with E-state index >= 15 is 0 Å². The highest BCUT2D eigenvalue weighted by Crippen LogP contribution is 2.52. The van der Waals surface area contributed by atoms with Crippen LogP contribution in [0.2, 0.25) is 0 Å². The Hall–Kier alpha value is -6.07. The molecule has 9 rings (SSSR count). The number of aromatic nitrogens is 1. The lowest BCUT2D eigenvalue weighted by Gasteiger charge is -2.21. The van der Waals surface area contributed by atoms with Crippen molar-refractivity contribution in [3.63, 3.8) is 0 Å². The molecule has 0 atom stereocenters. The van der Waals surface area contributed by atoms with E-state index in [9.17, 15) is 5.41 Å². The highest BCUT2D eigenvalue weighted by Gasteiger charge is 2.37. The van der Waals surface area contributed by atoms with Crippen LogP contribution >= 0.6 is 0 Å². The van der Waals surface area contributed by atoms with Gasteiger partial charge in [0.05, 0.1) is 16.6 Å². The van der Waals surface area contributed by atoms with E-state index in [1.54, 1.807) is 0 Å². The molecule has 2 aromatic heterocycles. The van der Waals surface area contributed by atoms with E-state index < -0.39 is 0 Å². The molecule has 2 heterocycles. The smallest absolute Gasteiger partial charge is 0.163 e. The summed E-state index contributed by atoms with van der Waals surface area (Å²) < 4.78 is 8.44. The van der Waals surface area contributed by atoms with E-state index in [1.807, 2.05) is 79.1 Å². The maximum atomic E-state index is 9.18. The van der Waals surface area contributed by atoms with E-state index in [4.69, 9.17) is 14.4 Å². The third-order valence-corrected chi connectivity index (χ3v) is 9.62. The normalized spacial score (nSPS) is 14.0. The second kappa shape index (κ2) is 10.2. The number of amidine groups is 2. The van der Waals surface area contributed by atoms with Crippen LogP contribution < -0.4 is 0 Å². The van der Waals surface area contributed by atoms with Crippen LogP contribution in [0.5, 0.6) is 0 Å². The second-order valence-corrected chi connectivity index (χ2v) is 12.6. The van der Waals surface area contributed by atoms with Crippen molar-refractivity contribution in [2.75, 3.05) is 0 Å². The highest BCUT2D eigenvalue weighted by atomic mass is 16.3. The topological polar surface area (TPSA) is 66.6 Å². The molecule has 0 bridgehead atoms. The molecule has 6 aromatic carbocycles. The molecule has 5 heteroatoms. The average molecular weight is 607 g/mol. The van der Waals surface area contributed by atoms with E-state index in [0.29, 0.717) is 17.0 Å². The summed E-state index contributed by atoms with van der Waals surface area (Å²) in [4.78, 5) is 9.92. The maximum absolute atomic E-state index is 9.18. The molecule has 0 saturated carbocycles. The molecule has 0 saturated heterocycles. The molecular weight excluding hydrogens is 576 g/mol. The monoisotopic (exact) mass is 606 g/mol. The quantitative estimate of drug-likeness (QED) is 0.158. The summed E-state index contributed by atoms with van der Waals surface area (Å²) in [5.41, 5.74) is 10.1. The lowest BCUT2D eigenvalue weighted by atomic mass is 9.82. The molecule has 0 unspecified atom stereocenters. The van der Waals surface area contributed by atoms with Crippen LogP contribution in [0.1, 0.15) is 36.1 Å². The molecule has 5 nitrogen and oxygen atoms in total. The van der Waals surface area contributed by atoms with Crippen molar-refractivity contribution < 1.29 is 4.42 Å². The van der Waals surface area contributed by atoms with Crippen LogP contribution in [-0.2, 0) is 5.41 Å². The predicted molar refractivity (Wildman–Crippen MR) is 194 cm³/mol. The van der Waals surface area contributed by atoms with Crippen molar-refractivity contribution in [3.8, 4) is 11.1 Å². The number of furan rings is 1. The first kappa shape index (κ1) is 27.3. The Morgan fingerprint density at radius 3 is 2.28 bits per heavy atom. The summed E-state index contributed by atoms with van der Waals surface area (Å²) in [5, 5.41) is 13.5. The standard InChI is InChI=1S/C42H30N4O/c1-42(2)33-20-9-6-17-31(33)37-34(42)24-23-29-27-15-7-10-21-35(27)46(38(29)37)25-44-41(26-13-4-3-5-14-26)45-40(43)32-19-12-18-30-28-16-8-11-22-36(28)47-39(30)32/h3-25,43H,1-2H3. The van der Waals surface area contributed by atoms with Crippen molar-refractivity contribution in [1.29, 1.82) is 5.41 Å². The van der Waals surface area contributed by atoms with Crippen LogP contribution in [0.25, 0.3) is 54.9 Å². The van der Waals surface area contributed by atoms with Crippen molar-refractivity contribution in [1.82, 2.24) is 4.57 Å². The first-order valence-electron chi connectivity index (χ1n) is 15.8. The van der Waals surface area contributed by atoms with Gasteiger partial charge < -0.3 is 4.42 Å². The number of rotatable bonds is 3. The lowest BCUT2D eigenvalue weighted by Crippen LogP contribution is -2.14. The van der Waals surface area contributed by atoms with Gasteiger partial charge in [-0.05, 0) is 34.9 Å². The Labute approximate surface area is 271 Å². The third-order valence-electron chi connectivity index (χ3n) is 9.62. The number of hydrogen-bond acceptors (Lipinski definition) is 2. The zero-order valence-electron chi connectivity index (χ0n) is 26.0. The van der Waals surface area contributed by atoms with Crippen molar-refractivity contribution >= 4 is 61.8 Å². The van der Waals surface area contributed by atoms with Crippen molar-refractivity contribution in [3.05, 3.63) is 156 Å². The fourth-order valence-electron chi connectivity index (χ4n) is 7.36. The fraction of sp³-hybridized carbons (Fsp3) is 0.0714. The zero-order valence-corrected chi connectivity index (χ0v) is 26.0. The van der Waals surface area contributed by atoms with Gasteiger partial charge >= 0.3 is 0 Å². The Bertz CT molecular complexity index is 2620. The molecule has 0 spiro atoms. The van der Waals surface area contributed by atoms with Crippen LogP contribution in [-0.4, -0.2) is 22.6 Å². The summed E-state index contributed by atoms with van der Waals surface area (Å²) in [7, 11) is 0. The predicted octanol–water partition coefficient (Wildman–Crippen LogP) is 10.3. The van der Waals surface area contributed by atoms with Gasteiger partial charge in [-0.3, -0.25) is 9.98 Å². The average Bonchev–Trinajstić information content (AvgIpc) is 3.73. The molecule has 1 N–H and O–H groups in total. The van der Waals surface area contributed by atoms with Crippen LogP contribution in [0.15, 0.2) is 148 Å². The number of aliphatic imine (C=N–C) groups is 2. The molecule has 0 amide bonds. The molecule has 1 aliphatic rings. The number of benzene rings is 6. The maximum Gasteiger partial charge on any atom is 0.163 e. The molecule has 8 aromatic rings. The van der Waals surface area contributed by atoms with Gasteiger partial charge in [-0.25, -0.2) is 9.98 Å². The van der Waals surface area contributed by atoms with Gasteiger partial charge in [0, 0.05) is 38.1 Å². The largest absolute Gasteiger partial charge is 0.455 e. The van der Waals surface area contributed by atoms with E-state index in [1.165, 1.54) is 33.0 Å². The number of nitrogens with one attached hydrogen (secondary N) is 1. The number of para-hydroxylation sites is 3. The van der Waals surface area contributed by atoms with Gasteiger partial charge in [-0.15, -0.1) is 0 Å². The minimum absolute atomic E-state index is 0.0875. The Kier molecular flexibility index (Phi) is 5.93. The summed E-state index contributed by atoms with van der Waals surface area (Å²) >= 11 is 0. The Morgan fingerprint density at radius 2 is 1.40 bits per heavy atom. The van der Waals surface area contributed by atoms with Gasteiger partial charge in [-0.1, -0.05) is 129 Å². The van der Waals surface area contributed by atoms with Gasteiger partial charge in [-0.2, -0.15) is 0 Å². The van der Waals surface area contributed by atoms with Crippen LogP contribution in [0.4, 0.5) is 0 Å². The van der Waals surface area contributed by atoms with E-state index in [0.717, 1.165) is 33.0 Å². The van der Waals surface area contributed by atoms with Crippen LogP contribution in [0, 0.1) is 5.41 Å². The van der Waals surface area contributed by atoms with Gasteiger partial charge in [0.25, 0.3) is 0 Å². The van der Waals surface area contributed by atoms with Gasteiger partial charge in [0.1, 0.15) is 17.5 Å². The summed E-state index contributed by atoms with van der Waals surface area (Å²) in [6.07, 6.45) is 1.87. The molecule has 1 aliphatic carbocycles. The highest BCUT2D eigenvalue weighted by molar-refractivity contribution is 6.20. The first-order valence-corrected chi connectivity index (χ1v) is 15.8. The Morgan fingerprint density at radius 1 is 0.681 bits per heavy atom. The first-order chi connectivity index (χ1) is 23.0. The summed E-state index contributed by atoms with van der Waals surface area (Å²) in [5.74, 6) is 0.535. The van der Waals surface area contributed by atoms with Crippen LogP contribution in [0.3, 0.4) is 0 Å². The van der Waals surface area contributed by atoms with E-state index in [-0.39, 0.29) is 11.3 Å². The summed E-state index contributed by atoms with van der Waals surface area (Å²) in [6.45, 7) is 4.61. The number of nitrogens with zero attached hydrogens (tertiary/aromatic N) is 3. The SMILES string of the molecule is CC1(C)c2ccccc2-c2c1ccc1c3ccccc3n(C=NC(=NC(=N)c3cccc4c3oc3ccccc34)c3ccccc3)c21. The van der Waals surface area contributed by atoms with Crippen molar-refractivity contribution in [2.24, 2.45) is 9.98 Å². The molecule has 224 valence electrons. The zero-order chi connectivity index (χ0) is 31.7. The minimum atomic E-state index is -0.123. The lowest BCUT2D eigenvalue weighted by molar-refractivity contribution is 0.661. The molecule has 0 radical (unpaired) electrons. The number of hydrogen-bond donors (Lipinski definition) is 1. The second-order valence-electron chi connectivity index (χ2n) is 12.6. The van der Waals surface area contributed by atoms with Crippen molar-refractivity contribution in [2.45, 2.75) is 19.3 Å². The molecule has 47 heavy (non-hydrogen) atoms. The Balaban J connectivity index is 1.25. The fourth-order valence-corrected chi connectivity index (χ4v) is 7.36.